The lowest BCUT2D eigenvalue weighted by Gasteiger charge is -2.40. The number of aromatic amines is 2. The smallest absolute Gasteiger partial charge is 0.232 e. The second kappa shape index (κ2) is 14.3. The first-order valence-electron chi connectivity index (χ1n) is 20.4. The molecule has 4 atom stereocenters. The number of nitrogens with two attached hydrogens (primary N) is 2. The normalized spacial score (nSPS) is 24.4. The van der Waals surface area contributed by atoms with E-state index in [1.807, 2.05) is 34.6 Å². The largest absolute Gasteiger partial charge is 0.368 e. The number of anilines is 4. The van der Waals surface area contributed by atoms with Crippen molar-refractivity contribution < 1.29 is 14.3 Å². The van der Waals surface area contributed by atoms with Crippen LogP contribution >= 0.6 is 31.9 Å². The van der Waals surface area contributed by atoms with E-state index >= 15 is 0 Å². The third-order valence-electron chi connectivity index (χ3n) is 12.5. The quantitative estimate of drug-likeness (QED) is 0.116. The van der Waals surface area contributed by atoms with Crippen molar-refractivity contribution in [2.75, 3.05) is 45.8 Å². The number of hydrogen-bond acceptors (Lipinski definition) is 9. The Bertz CT molecular complexity index is 1980. The molecule has 6 heterocycles. The van der Waals surface area contributed by atoms with Crippen molar-refractivity contribution in [2.24, 2.45) is 35.1 Å². The average Bonchev–Trinajstić information content (AvgIpc) is 3.97. The van der Waals surface area contributed by atoms with Crippen LogP contribution in [0.5, 0.6) is 0 Å². The minimum atomic E-state index is -0.558. The second-order valence-electron chi connectivity index (χ2n) is 17.0. The van der Waals surface area contributed by atoms with Gasteiger partial charge < -0.3 is 36.0 Å². The van der Waals surface area contributed by atoms with Gasteiger partial charge in [-0.25, -0.2) is 9.97 Å². The van der Waals surface area contributed by atoms with Crippen molar-refractivity contribution >= 4 is 88.5 Å². The standard InChI is InChI=1S/C40H50Br2N10O3/c41-27-15-45-35-31(33(27)49-13-1-3-25(43)19-49)29(17-47-35)51(37(53)21-5-6-21)39(23-9-10-23)55-40(24-11-12-24)52(38(54)22-7-8-22)30-18-48-36-32(30)34(28(42)16-46-36)50-14-2-4-26(44)20-50/h15-18,21-26,39-40H,1-14,19-20,43-44H2,(H,45,47)(H,46,48)/t25?,26?,39-,40-/m1/s1. The summed E-state index contributed by atoms with van der Waals surface area (Å²) in [6.07, 6.45) is 17.7. The number of amides is 2. The number of pyridine rings is 2. The number of aromatic nitrogens is 4. The summed E-state index contributed by atoms with van der Waals surface area (Å²) in [5.74, 6) is 0.336. The predicted octanol–water partition coefficient (Wildman–Crippen LogP) is 6.49. The topological polar surface area (TPSA) is 166 Å². The number of fused-ring (bicyclic) bond motifs is 2. The summed E-state index contributed by atoms with van der Waals surface area (Å²) < 4.78 is 9.23. The number of hydrogen-bond donors (Lipinski definition) is 4. The van der Waals surface area contributed by atoms with Crippen molar-refractivity contribution in [3.63, 3.8) is 0 Å². The summed E-state index contributed by atoms with van der Waals surface area (Å²) in [5.41, 5.74) is 18.1. The lowest BCUT2D eigenvalue weighted by molar-refractivity contribution is -0.128. The van der Waals surface area contributed by atoms with Crippen LogP contribution in [-0.2, 0) is 14.3 Å². The SMILES string of the molecule is NC1CCCN(c2c(Br)cnc3[nH]cc(N(C(=O)C4CC4)[C@H](O[C@H](C4CC4)N(C(=O)C4CC4)c4c[nH]c5ncc(Br)c(N6CCCC(N)C6)c45)C4CC4)c23)C1. The number of H-pyrrole nitrogens is 2. The average molecular weight is 879 g/mol. The third-order valence-corrected chi connectivity index (χ3v) is 13.6. The van der Waals surface area contributed by atoms with Gasteiger partial charge in [0.05, 0.1) is 42.5 Å². The van der Waals surface area contributed by atoms with Crippen molar-refractivity contribution in [1.29, 1.82) is 0 Å². The highest BCUT2D eigenvalue weighted by atomic mass is 79.9. The molecule has 55 heavy (non-hydrogen) atoms. The van der Waals surface area contributed by atoms with Gasteiger partial charge in [-0.1, -0.05) is 0 Å². The Morgan fingerprint density at radius 2 is 1.11 bits per heavy atom. The fourth-order valence-corrected chi connectivity index (χ4v) is 10.1. The van der Waals surface area contributed by atoms with Crippen molar-refractivity contribution in [3.8, 4) is 0 Å². The Labute approximate surface area is 337 Å². The van der Waals surface area contributed by atoms with E-state index in [4.69, 9.17) is 26.2 Å². The number of piperidine rings is 2. The van der Waals surface area contributed by atoms with Crippen molar-refractivity contribution in [2.45, 2.75) is 102 Å². The number of carbonyl (C=O) groups is 2. The summed E-state index contributed by atoms with van der Waals surface area (Å²) in [5, 5.41) is 1.80. The van der Waals surface area contributed by atoms with Gasteiger partial charge in [0.2, 0.25) is 11.8 Å². The zero-order valence-corrected chi connectivity index (χ0v) is 34.2. The number of nitrogens with zero attached hydrogens (tertiary/aromatic N) is 6. The second-order valence-corrected chi connectivity index (χ2v) is 18.7. The van der Waals surface area contributed by atoms with E-state index in [1.54, 1.807) is 0 Å². The number of nitrogens with one attached hydrogen (secondary N) is 2. The van der Waals surface area contributed by atoms with E-state index in [0.29, 0.717) is 0 Å². The van der Waals surface area contributed by atoms with Gasteiger partial charge >= 0.3 is 0 Å². The van der Waals surface area contributed by atoms with Crippen LogP contribution in [0.15, 0.2) is 33.7 Å². The molecule has 0 radical (unpaired) electrons. The predicted molar refractivity (Wildman–Crippen MR) is 221 cm³/mol. The summed E-state index contributed by atoms with van der Waals surface area (Å²) in [6, 6.07) is 0.138. The van der Waals surface area contributed by atoms with E-state index in [0.717, 1.165) is 157 Å². The Morgan fingerprint density at radius 3 is 1.47 bits per heavy atom. The minimum Gasteiger partial charge on any atom is -0.368 e. The van der Waals surface area contributed by atoms with E-state index in [9.17, 15) is 9.59 Å². The Hall–Kier alpha value is -3.24. The third kappa shape index (κ3) is 6.85. The highest BCUT2D eigenvalue weighted by Crippen LogP contribution is 2.50. The summed E-state index contributed by atoms with van der Waals surface area (Å²) >= 11 is 7.69. The van der Waals surface area contributed by atoms with Gasteiger partial charge in [-0.05, 0) is 109 Å². The van der Waals surface area contributed by atoms with Gasteiger partial charge in [-0.15, -0.1) is 0 Å². The van der Waals surface area contributed by atoms with Gasteiger partial charge in [-0.2, -0.15) is 0 Å². The molecule has 6 aliphatic rings. The summed E-state index contributed by atoms with van der Waals surface area (Å²) in [6.45, 7) is 3.20. The number of halogens is 2. The molecule has 4 aromatic heterocycles. The highest BCUT2D eigenvalue weighted by Gasteiger charge is 2.51. The lowest BCUT2D eigenvalue weighted by Crippen LogP contribution is -2.52. The zero-order valence-electron chi connectivity index (χ0n) is 31.1. The fourth-order valence-electron chi connectivity index (χ4n) is 8.99. The van der Waals surface area contributed by atoms with Crippen LogP contribution in [0, 0.1) is 23.7 Å². The fraction of sp³-hybridized carbons (Fsp3) is 0.600. The molecule has 13 nitrogen and oxygen atoms in total. The molecule has 10 rings (SSSR count). The molecule has 4 saturated carbocycles. The lowest BCUT2D eigenvalue weighted by atomic mass is 10.0. The van der Waals surface area contributed by atoms with Gasteiger partial charge in [0, 0.05) is 86.7 Å². The molecule has 0 bridgehead atoms. The molecule has 6 N–H and O–H groups in total. The molecule has 2 saturated heterocycles. The first-order chi connectivity index (χ1) is 26.7. The van der Waals surface area contributed by atoms with Crippen molar-refractivity contribution in [3.05, 3.63) is 33.7 Å². The monoisotopic (exact) mass is 876 g/mol. The van der Waals surface area contributed by atoms with Gasteiger partial charge in [-0.3, -0.25) is 19.4 Å². The maximum atomic E-state index is 14.8. The molecular weight excluding hydrogens is 828 g/mol. The first kappa shape index (κ1) is 36.1. The Morgan fingerprint density at radius 1 is 0.691 bits per heavy atom. The molecule has 4 aliphatic carbocycles. The van der Waals surface area contributed by atoms with E-state index in [2.05, 4.69) is 51.6 Å². The van der Waals surface area contributed by atoms with Crippen LogP contribution < -0.4 is 31.1 Å². The molecule has 2 amide bonds. The van der Waals surface area contributed by atoms with Crippen LogP contribution in [0.3, 0.4) is 0 Å². The molecule has 2 aliphatic heterocycles. The first-order valence-corrected chi connectivity index (χ1v) is 22.0. The molecular formula is C40H50Br2N10O3. The van der Waals surface area contributed by atoms with Gasteiger partial charge in [0.15, 0.2) is 0 Å². The molecule has 6 fully saturated rings. The van der Waals surface area contributed by atoms with E-state index in [-0.39, 0.29) is 47.6 Å². The number of carbonyl (C=O) groups excluding carboxylic acids is 2. The maximum Gasteiger partial charge on any atom is 0.232 e. The molecule has 0 aromatic carbocycles. The van der Waals surface area contributed by atoms with Gasteiger partial charge in [0.25, 0.3) is 0 Å². The maximum absolute atomic E-state index is 14.8. The molecule has 292 valence electrons. The van der Waals surface area contributed by atoms with Crippen LogP contribution in [0.2, 0.25) is 0 Å². The van der Waals surface area contributed by atoms with Crippen LogP contribution in [0.25, 0.3) is 22.1 Å². The van der Waals surface area contributed by atoms with Gasteiger partial charge in [0.1, 0.15) is 23.8 Å². The number of ether oxygens (including phenoxy) is 1. The molecule has 4 aromatic rings. The Balaban J connectivity index is 1.09. The highest BCUT2D eigenvalue weighted by molar-refractivity contribution is 9.11. The van der Waals surface area contributed by atoms with Crippen LogP contribution in [0.1, 0.15) is 77.0 Å². The molecule has 15 heteroatoms. The van der Waals surface area contributed by atoms with E-state index in [1.165, 1.54) is 0 Å². The van der Waals surface area contributed by atoms with Crippen LogP contribution in [0.4, 0.5) is 22.7 Å². The zero-order chi connectivity index (χ0) is 37.5. The Kier molecular flexibility index (Phi) is 9.39. The molecule has 0 spiro atoms. The molecule has 2 unspecified atom stereocenters. The number of rotatable bonds is 12. The van der Waals surface area contributed by atoms with Crippen LogP contribution in [-0.4, -0.2) is 82.5 Å². The van der Waals surface area contributed by atoms with E-state index < -0.39 is 12.5 Å². The summed E-state index contributed by atoms with van der Waals surface area (Å²) in [7, 11) is 0. The van der Waals surface area contributed by atoms with Crippen molar-refractivity contribution in [1.82, 2.24) is 19.9 Å². The minimum absolute atomic E-state index is 0.0548. The summed E-state index contributed by atoms with van der Waals surface area (Å²) in [4.78, 5) is 54.5.